The molecule has 0 aromatic heterocycles. The Morgan fingerprint density at radius 2 is 1.79 bits per heavy atom. The lowest BCUT2D eigenvalue weighted by Gasteiger charge is -2.19. The molecule has 128 valence electrons. The molecule has 0 saturated carbocycles. The zero-order valence-corrected chi connectivity index (χ0v) is 14.4. The SMILES string of the molecule is CC(=N)C(C#N)C(=O)COC(=O)COc1ccc(C(C)(C)C)cc1. The summed E-state index contributed by atoms with van der Waals surface area (Å²) < 4.78 is 10.1. The second-order valence-corrected chi connectivity index (χ2v) is 6.44. The summed E-state index contributed by atoms with van der Waals surface area (Å²) in [4.78, 5) is 23.2. The van der Waals surface area contributed by atoms with Crippen molar-refractivity contribution in [2.75, 3.05) is 13.2 Å². The second-order valence-electron chi connectivity index (χ2n) is 6.44. The van der Waals surface area contributed by atoms with E-state index in [4.69, 9.17) is 20.1 Å². The number of Topliss-reactive ketones (excluding diaryl/α,β-unsaturated/α-hetero) is 1. The molecule has 6 nitrogen and oxygen atoms in total. The van der Waals surface area contributed by atoms with Gasteiger partial charge in [-0.2, -0.15) is 5.26 Å². The van der Waals surface area contributed by atoms with Gasteiger partial charge in [-0.1, -0.05) is 32.9 Å². The van der Waals surface area contributed by atoms with Crippen LogP contribution in [0.3, 0.4) is 0 Å². The third-order valence-corrected chi connectivity index (χ3v) is 3.34. The molecule has 1 unspecified atom stereocenters. The molecular weight excluding hydrogens is 308 g/mol. The molecule has 0 saturated heterocycles. The number of hydrogen-bond donors (Lipinski definition) is 1. The van der Waals surface area contributed by atoms with Crippen LogP contribution in [-0.2, 0) is 19.7 Å². The van der Waals surface area contributed by atoms with Gasteiger partial charge in [0.2, 0.25) is 0 Å². The number of rotatable bonds is 7. The highest BCUT2D eigenvalue weighted by Crippen LogP contribution is 2.24. The fourth-order valence-electron chi connectivity index (χ4n) is 1.88. The van der Waals surface area contributed by atoms with Gasteiger partial charge in [-0.3, -0.25) is 4.79 Å². The molecular formula is C18H22N2O4. The number of ketones is 1. The van der Waals surface area contributed by atoms with Crippen molar-refractivity contribution < 1.29 is 19.1 Å². The van der Waals surface area contributed by atoms with E-state index in [1.165, 1.54) is 6.92 Å². The summed E-state index contributed by atoms with van der Waals surface area (Å²) >= 11 is 0. The van der Waals surface area contributed by atoms with E-state index >= 15 is 0 Å². The predicted molar refractivity (Wildman–Crippen MR) is 89.1 cm³/mol. The average molecular weight is 330 g/mol. The summed E-state index contributed by atoms with van der Waals surface area (Å²) in [6, 6.07) is 9.09. The minimum atomic E-state index is -1.18. The van der Waals surface area contributed by atoms with E-state index < -0.39 is 24.3 Å². The van der Waals surface area contributed by atoms with Gasteiger partial charge in [0, 0.05) is 5.71 Å². The molecule has 6 heteroatoms. The molecule has 1 rings (SSSR count). The first kappa shape index (κ1) is 19.4. The van der Waals surface area contributed by atoms with Crippen molar-refractivity contribution in [2.24, 2.45) is 5.92 Å². The summed E-state index contributed by atoms with van der Waals surface area (Å²) in [5.41, 5.74) is 1.10. The first-order valence-corrected chi connectivity index (χ1v) is 7.51. The minimum absolute atomic E-state index is 0.0299. The quantitative estimate of drug-likeness (QED) is 0.612. The minimum Gasteiger partial charge on any atom is -0.482 e. The lowest BCUT2D eigenvalue weighted by atomic mass is 9.87. The number of carbonyl (C=O) groups excluding carboxylic acids is 2. The Morgan fingerprint density at radius 3 is 2.25 bits per heavy atom. The highest BCUT2D eigenvalue weighted by Gasteiger charge is 2.21. The maximum absolute atomic E-state index is 11.6. The van der Waals surface area contributed by atoms with E-state index in [9.17, 15) is 9.59 Å². The molecule has 0 aliphatic rings. The van der Waals surface area contributed by atoms with Gasteiger partial charge in [-0.15, -0.1) is 0 Å². The van der Waals surface area contributed by atoms with Crippen LogP contribution in [0.5, 0.6) is 5.75 Å². The maximum Gasteiger partial charge on any atom is 0.344 e. The molecule has 1 aromatic rings. The lowest BCUT2D eigenvalue weighted by molar-refractivity contribution is -0.150. The van der Waals surface area contributed by atoms with Crippen molar-refractivity contribution in [1.29, 1.82) is 10.7 Å². The molecule has 0 radical (unpaired) electrons. The normalized spacial score (nSPS) is 12.0. The third-order valence-electron chi connectivity index (χ3n) is 3.34. The van der Waals surface area contributed by atoms with Crippen molar-refractivity contribution in [1.82, 2.24) is 0 Å². The smallest absolute Gasteiger partial charge is 0.344 e. The molecule has 0 bridgehead atoms. The summed E-state index contributed by atoms with van der Waals surface area (Å²) in [6.07, 6.45) is 0. The summed E-state index contributed by atoms with van der Waals surface area (Å²) in [6.45, 7) is 6.78. The zero-order chi connectivity index (χ0) is 18.3. The second kappa shape index (κ2) is 8.25. The zero-order valence-electron chi connectivity index (χ0n) is 14.4. The number of nitrogens with one attached hydrogen (secondary N) is 1. The highest BCUT2D eigenvalue weighted by atomic mass is 16.6. The van der Waals surface area contributed by atoms with Crippen LogP contribution in [0.25, 0.3) is 0 Å². The highest BCUT2D eigenvalue weighted by molar-refractivity contribution is 6.06. The van der Waals surface area contributed by atoms with Crippen molar-refractivity contribution in [2.45, 2.75) is 33.1 Å². The van der Waals surface area contributed by atoms with Crippen LogP contribution in [0.4, 0.5) is 0 Å². The summed E-state index contributed by atoms with van der Waals surface area (Å²) in [5.74, 6) is -1.98. The topological polar surface area (TPSA) is 100 Å². The van der Waals surface area contributed by atoms with E-state index in [0.29, 0.717) is 5.75 Å². The van der Waals surface area contributed by atoms with E-state index in [0.717, 1.165) is 5.56 Å². The number of benzene rings is 1. The van der Waals surface area contributed by atoms with E-state index in [-0.39, 0.29) is 17.7 Å². The van der Waals surface area contributed by atoms with Crippen LogP contribution in [0.15, 0.2) is 24.3 Å². The van der Waals surface area contributed by atoms with Crippen LogP contribution in [0.2, 0.25) is 0 Å². The first-order chi connectivity index (χ1) is 11.1. The van der Waals surface area contributed by atoms with Crippen LogP contribution >= 0.6 is 0 Å². The predicted octanol–water partition coefficient (Wildman–Crippen LogP) is 2.65. The first-order valence-electron chi connectivity index (χ1n) is 7.51. The van der Waals surface area contributed by atoms with Gasteiger partial charge in [0.25, 0.3) is 0 Å². The molecule has 0 spiro atoms. The van der Waals surface area contributed by atoms with Gasteiger partial charge in [0.1, 0.15) is 11.7 Å². The number of carbonyl (C=O) groups is 2. The number of ether oxygens (including phenoxy) is 2. The molecule has 0 amide bonds. The molecule has 24 heavy (non-hydrogen) atoms. The molecule has 1 atom stereocenters. The van der Waals surface area contributed by atoms with Crippen LogP contribution < -0.4 is 4.74 Å². The van der Waals surface area contributed by atoms with Crippen molar-refractivity contribution in [3.05, 3.63) is 29.8 Å². The Morgan fingerprint density at radius 1 is 1.21 bits per heavy atom. The third kappa shape index (κ3) is 5.84. The van der Waals surface area contributed by atoms with Gasteiger partial charge >= 0.3 is 5.97 Å². The Kier molecular flexibility index (Phi) is 6.66. The molecule has 1 N–H and O–H groups in total. The van der Waals surface area contributed by atoms with Gasteiger partial charge in [-0.05, 0) is 30.0 Å². The lowest BCUT2D eigenvalue weighted by Crippen LogP contribution is -2.27. The van der Waals surface area contributed by atoms with Crippen LogP contribution in [-0.4, -0.2) is 30.7 Å². The van der Waals surface area contributed by atoms with Crippen LogP contribution in [0.1, 0.15) is 33.3 Å². The maximum atomic E-state index is 11.6. The van der Waals surface area contributed by atoms with Gasteiger partial charge in [-0.25, -0.2) is 4.79 Å². The monoisotopic (exact) mass is 330 g/mol. The van der Waals surface area contributed by atoms with E-state index in [1.807, 2.05) is 12.1 Å². The van der Waals surface area contributed by atoms with Gasteiger partial charge < -0.3 is 14.9 Å². The number of esters is 1. The number of nitrogens with zero attached hydrogens (tertiary/aromatic N) is 1. The Bertz CT molecular complexity index is 651. The molecule has 0 heterocycles. The Balaban J connectivity index is 2.46. The van der Waals surface area contributed by atoms with E-state index in [1.54, 1.807) is 18.2 Å². The van der Waals surface area contributed by atoms with Crippen molar-refractivity contribution in [3.8, 4) is 11.8 Å². The van der Waals surface area contributed by atoms with Gasteiger partial charge in [0.05, 0.1) is 6.07 Å². The average Bonchev–Trinajstić information content (AvgIpc) is 2.50. The largest absolute Gasteiger partial charge is 0.482 e. The Labute approximate surface area is 141 Å². The molecule has 0 aliphatic heterocycles. The van der Waals surface area contributed by atoms with Crippen molar-refractivity contribution in [3.63, 3.8) is 0 Å². The summed E-state index contributed by atoms with van der Waals surface area (Å²) in [5, 5.41) is 16.1. The fourth-order valence-corrected chi connectivity index (χ4v) is 1.88. The van der Waals surface area contributed by atoms with Crippen LogP contribution in [0, 0.1) is 22.7 Å². The summed E-state index contributed by atoms with van der Waals surface area (Å²) in [7, 11) is 0. The standard InChI is InChI=1S/C18H22N2O4/c1-12(20)15(9-19)16(21)10-24-17(22)11-23-14-7-5-13(6-8-14)18(2,3)4/h5-8,15,20H,10-11H2,1-4H3. The number of hydrogen-bond acceptors (Lipinski definition) is 6. The number of nitriles is 1. The molecule has 1 aromatic carbocycles. The fraction of sp³-hybridized carbons (Fsp3) is 0.444. The molecule has 0 aliphatic carbocycles. The van der Waals surface area contributed by atoms with E-state index in [2.05, 4.69) is 20.8 Å². The van der Waals surface area contributed by atoms with Crippen molar-refractivity contribution >= 4 is 17.5 Å². The van der Waals surface area contributed by atoms with Gasteiger partial charge in [0.15, 0.2) is 19.0 Å². The molecule has 0 fully saturated rings. The Hall–Kier alpha value is -2.68.